The van der Waals surface area contributed by atoms with E-state index in [9.17, 15) is 18.0 Å². The van der Waals surface area contributed by atoms with Gasteiger partial charge in [0.2, 0.25) is 11.8 Å². The van der Waals surface area contributed by atoms with Crippen molar-refractivity contribution in [2.24, 2.45) is 0 Å². The van der Waals surface area contributed by atoms with Crippen LogP contribution in [0.5, 0.6) is 5.88 Å². The molecule has 0 saturated heterocycles. The normalized spacial score (nSPS) is 10.7. The van der Waals surface area contributed by atoms with Gasteiger partial charge < -0.3 is 15.4 Å². The Hall–Kier alpha value is -4.54. The number of aromatic nitrogens is 4. The largest absolute Gasteiger partial charge is 0.417 e. The molecular weight excluding hydrogens is 437 g/mol. The summed E-state index contributed by atoms with van der Waals surface area (Å²) >= 11 is 0. The first-order valence-corrected chi connectivity index (χ1v) is 9.50. The van der Waals surface area contributed by atoms with E-state index in [0.717, 1.165) is 0 Å². The van der Waals surface area contributed by atoms with E-state index in [4.69, 9.17) is 0 Å². The van der Waals surface area contributed by atoms with Crippen molar-refractivity contribution in [2.45, 2.75) is 6.61 Å². The number of hydrogen-bond acceptors (Lipinski definition) is 7. The summed E-state index contributed by atoms with van der Waals surface area (Å²) in [6.07, 6.45) is 5.55. The molecule has 0 aliphatic carbocycles. The summed E-state index contributed by atoms with van der Waals surface area (Å²) in [4.78, 5) is 28.6. The van der Waals surface area contributed by atoms with Crippen LogP contribution in [0.3, 0.4) is 0 Å². The van der Waals surface area contributed by atoms with E-state index in [2.05, 4.69) is 35.3 Å². The van der Waals surface area contributed by atoms with Crippen molar-refractivity contribution in [1.82, 2.24) is 19.9 Å². The summed E-state index contributed by atoms with van der Waals surface area (Å²) in [6, 6.07) is 11.9. The highest BCUT2D eigenvalue weighted by molar-refractivity contribution is 6.03. The van der Waals surface area contributed by atoms with E-state index in [-0.39, 0.29) is 17.5 Å². The summed E-state index contributed by atoms with van der Waals surface area (Å²) < 4.78 is 42.7. The molecule has 8 nitrogen and oxygen atoms in total. The smallest absolute Gasteiger partial charge is 0.388 e. The van der Waals surface area contributed by atoms with E-state index in [1.165, 1.54) is 49.1 Å². The first-order chi connectivity index (χ1) is 16.0. The Bertz CT molecular complexity index is 1270. The molecule has 4 rings (SSSR count). The minimum absolute atomic E-state index is 0.0504. The highest BCUT2D eigenvalue weighted by Crippen LogP contribution is 2.24. The van der Waals surface area contributed by atoms with Gasteiger partial charge in [-0.2, -0.15) is 8.78 Å². The highest BCUT2D eigenvalue weighted by Gasteiger charge is 2.12. The number of nitrogens with one attached hydrogen (secondary N) is 2. The maximum absolute atomic E-state index is 14.1. The molecule has 33 heavy (non-hydrogen) atoms. The Morgan fingerprint density at radius 2 is 1.82 bits per heavy atom. The second kappa shape index (κ2) is 9.73. The molecule has 0 fully saturated rings. The number of alkyl halides is 2. The van der Waals surface area contributed by atoms with Crippen LogP contribution < -0.4 is 15.4 Å². The monoisotopic (exact) mass is 452 g/mol. The minimum Gasteiger partial charge on any atom is -0.417 e. The van der Waals surface area contributed by atoms with Crippen LogP contribution in [0.4, 0.5) is 30.5 Å². The molecule has 0 aliphatic heterocycles. The number of carbonyl (C=O) groups is 1. The molecule has 0 saturated carbocycles. The van der Waals surface area contributed by atoms with Gasteiger partial charge in [0, 0.05) is 29.6 Å². The molecule has 0 radical (unpaired) electrons. The lowest BCUT2D eigenvalue weighted by Gasteiger charge is -2.09. The number of halogens is 3. The third kappa shape index (κ3) is 5.58. The van der Waals surface area contributed by atoms with Gasteiger partial charge in [-0.05, 0) is 24.3 Å². The average molecular weight is 452 g/mol. The van der Waals surface area contributed by atoms with Crippen molar-refractivity contribution in [3.63, 3.8) is 0 Å². The third-order valence-corrected chi connectivity index (χ3v) is 4.27. The number of benzene rings is 1. The molecule has 3 aromatic heterocycles. The van der Waals surface area contributed by atoms with Crippen LogP contribution in [0.25, 0.3) is 11.1 Å². The van der Waals surface area contributed by atoms with Gasteiger partial charge in [0.25, 0.3) is 5.91 Å². The topological polar surface area (TPSA) is 102 Å². The van der Waals surface area contributed by atoms with Crippen molar-refractivity contribution in [3.8, 4) is 17.0 Å². The number of rotatable bonds is 7. The van der Waals surface area contributed by atoms with E-state index >= 15 is 0 Å². The first kappa shape index (κ1) is 21.7. The molecule has 0 spiro atoms. The fourth-order valence-corrected chi connectivity index (χ4v) is 2.84. The Balaban J connectivity index is 1.46. The zero-order valence-electron chi connectivity index (χ0n) is 16.7. The SMILES string of the molecule is O=C(Nc1cncc(-c2ccccc2F)c1)c1ccnc(Nc2ccc(OC(F)F)nc2)n1. The van der Waals surface area contributed by atoms with E-state index in [1.54, 1.807) is 24.3 Å². The Kier molecular flexibility index (Phi) is 6.39. The molecular formula is C22H15F3N6O2. The number of pyridine rings is 2. The van der Waals surface area contributed by atoms with Crippen LogP contribution in [0, 0.1) is 5.82 Å². The first-order valence-electron chi connectivity index (χ1n) is 9.50. The lowest BCUT2D eigenvalue weighted by atomic mass is 10.1. The molecule has 0 atom stereocenters. The third-order valence-electron chi connectivity index (χ3n) is 4.27. The highest BCUT2D eigenvalue weighted by atomic mass is 19.3. The number of hydrogen-bond donors (Lipinski definition) is 2. The van der Waals surface area contributed by atoms with Gasteiger partial charge in [-0.25, -0.2) is 19.3 Å². The van der Waals surface area contributed by atoms with Crippen LogP contribution in [0.1, 0.15) is 10.5 Å². The Morgan fingerprint density at radius 3 is 2.58 bits per heavy atom. The van der Waals surface area contributed by atoms with E-state index < -0.39 is 18.3 Å². The van der Waals surface area contributed by atoms with Crippen molar-refractivity contribution in [3.05, 3.63) is 84.8 Å². The molecule has 11 heteroatoms. The number of nitrogens with zero attached hydrogens (tertiary/aromatic N) is 4. The Labute approximate surface area is 185 Å². The van der Waals surface area contributed by atoms with Crippen molar-refractivity contribution < 1.29 is 22.7 Å². The van der Waals surface area contributed by atoms with Crippen LogP contribution >= 0.6 is 0 Å². The Morgan fingerprint density at radius 1 is 0.970 bits per heavy atom. The zero-order chi connectivity index (χ0) is 23.2. The van der Waals surface area contributed by atoms with Crippen molar-refractivity contribution in [2.75, 3.05) is 10.6 Å². The molecule has 0 unspecified atom stereocenters. The van der Waals surface area contributed by atoms with Gasteiger partial charge in [-0.15, -0.1) is 0 Å². The predicted octanol–water partition coefficient (Wildman–Crippen LogP) is 4.67. The lowest BCUT2D eigenvalue weighted by Crippen LogP contribution is -2.15. The molecule has 1 amide bonds. The quantitative estimate of drug-likeness (QED) is 0.420. The predicted molar refractivity (Wildman–Crippen MR) is 114 cm³/mol. The van der Waals surface area contributed by atoms with Gasteiger partial charge in [-0.3, -0.25) is 9.78 Å². The van der Waals surface area contributed by atoms with Crippen molar-refractivity contribution in [1.29, 1.82) is 0 Å². The summed E-state index contributed by atoms with van der Waals surface area (Å²) in [5, 5.41) is 5.48. The number of amides is 1. The summed E-state index contributed by atoms with van der Waals surface area (Å²) in [6.45, 7) is -2.97. The lowest BCUT2D eigenvalue weighted by molar-refractivity contribution is -0.0528. The molecule has 0 aliphatic rings. The van der Waals surface area contributed by atoms with Gasteiger partial charge in [0.15, 0.2) is 0 Å². The molecule has 166 valence electrons. The second-order valence-electron chi connectivity index (χ2n) is 6.55. The average Bonchev–Trinajstić information content (AvgIpc) is 2.81. The summed E-state index contributed by atoms with van der Waals surface area (Å²) in [7, 11) is 0. The maximum atomic E-state index is 14.1. The van der Waals surface area contributed by atoms with Crippen LogP contribution in [0.2, 0.25) is 0 Å². The van der Waals surface area contributed by atoms with Crippen molar-refractivity contribution >= 4 is 23.2 Å². The van der Waals surface area contributed by atoms with Crippen LogP contribution in [-0.2, 0) is 0 Å². The van der Waals surface area contributed by atoms with Gasteiger partial charge in [0.05, 0.1) is 23.8 Å². The fourth-order valence-electron chi connectivity index (χ4n) is 2.84. The number of ether oxygens (including phenoxy) is 1. The maximum Gasteiger partial charge on any atom is 0.388 e. The standard InChI is InChI=1S/C22H15F3N6O2/c23-17-4-2-1-3-16(17)13-9-15(11-26-10-13)29-20(32)18-7-8-27-22(31-18)30-14-5-6-19(28-12-14)33-21(24)25/h1-12,21H,(H,29,32)(H,27,30,31). The second-order valence-corrected chi connectivity index (χ2v) is 6.55. The van der Waals surface area contributed by atoms with E-state index in [0.29, 0.717) is 22.5 Å². The summed E-state index contributed by atoms with van der Waals surface area (Å²) in [5.41, 5.74) is 1.66. The molecule has 4 aromatic rings. The molecule has 1 aromatic carbocycles. The van der Waals surface area contributed by atoms with Crippen LogP contribution in [-0.4, -0.2) is 32.5 Å². The summed E-state index contributed by atoms with van der Waals surface area (Å²) in [5.74, 6) is -1.09. The minimum atomic E-state index is -2.97. The van der Waals surface area contributed by atoms with Gasteiger partial charge >= 0.3 is 6.61 Å². The van der Waals surface area contributed by atoms with Gasteiger partial charge in [0.1, 0.15) is 11.5 Å². The van der Waals surface area contributed by atoms with E-state index in [1.807, 2.05) is 0 Å². The molecule has 0 bridgehead atoms. The van der Waals surface area contributed by atoms with Crippen LogP contribution in [0.15, 0.2) is 73.3 Å². The van der Waals surface area contributed by atoms with Gasteiger partial charge in [-0.1, -0.05) is 18.2 Å². The zero-order valence-corrected chi connectivity index (χ0v) is 16.7. The fraction of sp³-hybridized carbons (Fsp3) is 0.0455. The molecule has 2 N–H and O–H groups in total. The number of carbonyl (C=O) groups excluding carboxylic acids is 1. The number of anilines is 3. The molecule has 3 heterocycles.